The average molecular weight is 226 g/mol. The van der Waals surface area contributed by atoms with E-state index < -0.39 is 29.7 Å². The summed E-state index contributed by atoms with van der Waals surface area (Å²) in [6.45, 7) is 0. The molecular formula is C10H9NO5. The molecule has 1 saturated heterocycles. The van der Waals surface area contributed by atoms with Crippen molar-refractivity contribution in [1.29, 1.82) is 0 Å². The van der Waals surface area contributed by atoms with Crippen molar-refractivity contribution < 1.29 is 24.2 Å². The quantitative estimate of drug-likeness (QED) is 0.332. The summed E-state index contributed by atoms with van der Waals surface area (Å²) in [6.07, 6.45) is 3.57. The Labute approximate surface area is 90.3 Å². The van der Waals surface area contributed by atoms with Crippen LogP contribution in [-0.2, 0) is 19.1 Å². The van der Waals surface area contributed by atoms with E-state index in [1.54, 1.807) is 6.08 Å². The highest BCUT2D eigenvalue weighted by molar-refractivity contribution is 5.91. The van der Waals surface area contributed by atoms with Crippen LogP contribution in [-0.4, -0.2) is 28.9 Å². The van der Waals surface area contributed by atoms with Gasteiger partial charge in [-0.25, -0.2) is 4.79 Å². The van der Waals surface area contributed by atoms with Gasteiger partial charge in [0, 0.05) is 5.92 Å². The average Bonchev–Trinajstić information content (AvgIpc) is 2.50. The number of nitrogens with two attached hydrogens (primary N) is 1. The molecule has 0 saturated carbocycles. The Morgan fingerprint density at radius 1 is 1.50 bits per heavy atom. The van der Waals surface area contributed by atoms with Gasteiger partial charge < -0.3 is 20.3 Å². The third-order valence-electron chi connectivity index (χ3n) is 3.18. The fourth-order valence-electron chi connectivity index (χ4n) is 2.33. The molecule has 0 spiro atoms. The molecule has 4 atom stereocenters. The molecule has 6 nitrogen and oxygen atoms in total. The van der Waals surface area contributed by atoms with E-state index in [9.17, 15) is 14.7 Å². The highest BCUT2D eigenvalue weighted by atomic mass is 16.9. The molecule has 1 amide bonds. The Kier molecular flexibility index (Phi) is 1.56. The third-order valence-corrected chi connectivity index (χ3v) is 3.18. The first kappa shape index (κ1) is 9.41. The van der Waals surface area contributed by atoms with Crippen LogP contribution in [0.5, 0.6) is 0 Å². The van der Waals surface area contributed by atoms with Crippen molar-refractivity contribution in [2.45, 2.75) is 11.9 Å². The standard InChI is InChI=1S/C10H9NO5/c11-7(12)6-3-5-4-1-2-10(5,14)9(13)16-8(4)15-6/h1-5,8,14H,(H2,11,12)/t4-,5-,8-,10-/m0/s1/i7+1,8+1,9+1. The summed E-state index contributed by atoms with van der Waals surface area (Å²) in [5.41, 5.74) is 3.40. The van der Waals surface area contributed by atoms with Crippen LogP contribution in [0.4, 0.5) is 0 Å². The molecular weight excluding hydrogens is 217 g/mol. The highest BCUT2D eigenvalue weighted by Crippen LogP contribution is 2.47. The molecule has 0 aromatic carbocycles. The predicted octanol–water partition coefficient (Wildman–Crippen LogP) is -1.20. The number of primary amides is 1. The molecule has 2 heterocycles. The van der Waals surface area contributed by atoms with Crippen LogP contribution in [0.2, 0.25) is 0 Å². The van der Waals surface area contributed by atoms with E-state index >= 15 is 0 Å². The number of carbonyl (C=O) groups is 2. The summed E-state index contributed by atoms with van der Waals surface area (Å²) in [7, 11) is 0. The number of amides is 1. The molecule has 3 rings (SSSR count). The van der Waals surface area contributed by atoms with Crippen molar-refractivity contribution in [2.24, 2.45) is 17.6 Å². The SMILES string of the molecule is N[13C](=O)C1=C[C@H]2[C@@H]3C=C[C@@]2(O)[13C](=O)O[13C@@H]3O1. The molecule has 0 aromatic heterocycles. The number of aliphatic hydroxyl groups is 1. The molecule has 3 aliphatic rings. The lowest BCUT2D eigenvalue weighted by molar-refractivity contribution is -0.224. The Hall–Kier alpha value is -1.82. The predicted molar refractivity (Wildman–Crippen MR) is 49.3 cm³/mol. The minimum Gasteiger partial charge on any atom is -0.449 e. The Balaban J connectivity index is 2.09. The number of hydrogen-bond donors (Lipinski definition) is 2. The maximum Gasteiger partial charge on any atom is 0.345 e. The molecule has 6 heteroatoms. The van der Waals surface area contributed by atoms with E-state index in [4.69, 9.17) is 15.2 Å². The van der Waals surface area contributed by atoms with Crippen LogP contribution in [0.25, 0.3) is 0 Å². The number of ether oxygens (including phenoxy) is 2. The first-order valence-corrected chi connectivity index (χ1v) is 4.83. The second-order valence-electron chi connectivity index (χ2n) is 4.07. The van der Waals surface area contributed by atoms with E-state index in [0.717, 1.165) is 0 Å². The second-order valence-corrected chi connectivity index (χ2v) is 4.07. The van der Waals surface area contributed by atoms with Crippen molar-refractivity contribution in [1.82, 2.24) is 0 Å². The molecule has 3 N–H and O–H groups in total. The fraction of sp³-hybridized carbons (Fsp3) is 0.400. The zero-order valence-corrected chi connectivity index (χ0v) is 8.12. The molecule has 0 radical (unpaired) electrons. The molecule has 16 heavy (non-hydrogen) atoms. The maximum atomic E-state index is 11.5. The van der Waals surface area contributed by atoms with Crippen molar-refractivity contribution >= 4 is 11.9 Å². The first-order chi connectivity index (χ1) is 7.52. The molecule has 0 aromatic rings. The largest absolute Gasteiger partial charge is 0.449 e. The van der Waals surface area contributed by atoms with Crippen LogP contribution in [0.1, 0.15) is 0 Å². The van der Waals surface area contributed by atoms with Crippen molar-refractivity contribution in [2.75, 3.05) is 0 Å². The van der Waals surface area contributed by atoms with Gasteiger partial charge in [0.25, 0.3) is 12.2 Å². The fourth-order valence-corrected chi connectivity index (χ4v) is 2.33. The van der Waals surface area contributed by atoms with Crippen LogP contribution in [0.15, 0.2) is 24.0 Å². The van der Waals surface area contributed by atoms with Crippen molar-refractivity contribution in [3.63, 3.8) is 0 Å². The Morgan fingerprint density at radius 3 is 2.94 bits per heavy atom. The lowest BCUT2D eigenvalue weighted by Gasteiger charge is -2.41. The maximum absolute atomic E-state index is 11.5. The number of esters is 1. The first-order valence-electron chi connectivity index (χ1n) is 4.83. The van der Waals surface area contributed by atoms with Gasteiger partial charge in [0.1, 0.15) is 0 Å². The van der Waals surface area contributed by atoms with Gasteiger partial charge in [-0.3, -0.25) is 4.79 Å². The molecule has 1 aliphatic carbocycles. The highest BCUT2D eigenvalue weighted by Gasteiger charge is 2.59. The van der Waals surface area contributed by atoms with Gasteiger partial charge in [-0.2, -0.15) is 0 Å². The van der Waals surface area contributed by atoms with Gasteiger partial charge >= 0.3 is 5.97 Å². The van der Waals surface area contributed by atoms with Gasteiger partial charge in [-0.05, 0) is 12.2 Å². The summed E-state index contributed by atoms with van der Waals surface area (Å²) in [5.74, 6) is -2.36. The van der Waals surface area contributed by atoms with Crippen LogP contribution < -0.4 is 5.73 Å². The Morgan fingerprint density at radius 2 is 2.25 bits per heavy atom. The van der Waals surface area contributed by atoms with Gasteiger partial charge in [-0.1, -0.05) is 6.08 Å². The summed E-state index contributed by atoms with van der Waals surface area (Å²) < 4.78 is 10.1. The minimum absolute atomic E-state index is 0.0686. The molecule has 2 aliphatic heterocycles. The van der Waals surface area contributed by atoms with Gasteiger partial charge in [0.2, 0.25) is 0 Å². The minimum atomic E-state index is -1.69. The second kappa shape index (κ2) is 2.65. The van der Waals surface area contributed by atoms with E-state index in [-0.39, 0.29) is 11.7 Å². The molecule has 4 bridgehead atoms. The van der Waals surface area contributed by atoms with Crippen molar-refractivity contribution in [3.8, 4) is 0 Å². The molecule has 84 valence electrons. The topological polar surface area (TPSA) is 98.9 Å². The van der Waals surface area contributed by atoms with Crippen LogP contribution in [0.3, 0.4) is 0 Å². The Bertz CT molecular complexity index is 454. The number of rotatable bonds is 1. The van der Waals surface area contributed by atoms with Crippen LogP contribution >= 0.6 is 0 Å². The monoisotopic (exact) mass is 226 g/mol. The lowest BCUT2D eigenvalue weighted by Crippen LogP contribution is -2.55. The summed E-state index contributed by atoms with van der Waals surface area (Å²) in [4.78, 5) is 22.5. The van der Waals surface area contributed by atoms with E-state index in [2.05, 4.69) is 0 Å². The van der Waals surface area contributed by atoms with Gasteiger partial charge in [0.05, 0.1) is 5.92 Å². The summed E-state index contributed by atoms with van der Waals surface area (Å²) in [5, 5.41) is 10.1. The van der Waals surface area contributed by atoms with E-state index in [1.165, 1.54) is 12.2 Å². The zero-order chi connectivity index (χ0) is 11.5. The molecule has 0 unspecified atom stereocenters. The van der Waals surface area contributed by atoms with E-state index in [1.807, 2.05) is 0 Å². The summed E-state index contributed by atoms with van der Waals surface area (Å²) in [6, 6.07) is 0. The normalized spacial score (nSPS) is 43.4. The summed E-state index contributed by atoms with van der Waals surface area (Å²) >= 11 is 0. The van der Waals surface area contributed by atoms with Gasteiger partial charge in [0.15, 0.2) is 11.4 Å². The number of carbonyl (C=O) groups excluding carboxylic acids is 2. The lowest BCUT2D eigenvalue weighted by atomic mass is 9.89. The zero-order valence-electron chi connectivity index (χ0n) is 8.12. The smallest absolute Gasteiger partial charge is 0.345 e. The number of hydrogen-bond acceptors (Lipinski definition) is 5. The van der Waals surface area contributed by atoms with E-state index in [0.29, 0.717) is 0 Å². The van der Waals surface area contributed by atoms with Crippen molar-refractivity contribution in [3.05, 3.63) is 24.0 Å². The molecule has 1 fully saturated rings. The third kappa shape index (κ3) is 0.943. The van der Waals surface area contributed by atoms with Crippen LogP contribution in [0, 0.1) is 11.8 Å². The van der Waals surface area contributed by atoms with Gasteiger partial charge in [-0.15, -0.1) is 0 Å².